The second-order valence-electron chi connectivity index (χ2n) is 6.39. The Hall–Kier alpha value is -1.06. The molecule has 0 aliphatic heterocycles. The number of carboxylic acid groups (broad SMARTS) is 1. The van der Waals surface area contributed by atoms with E-state index in [2.05, 4.69) is 5.32 Å². The van der Waals surface area contributed by atoms with Crippen LogP contribution in [0.15, 0.2) is 0 Å². The highest BCUT2D eigenvalue weighted by molar-refractivity contribution is 5.80. The van der Waals surface area contributed by atoms with E-state index in [0.29, 0.717) is 6.42 Å². The van der Waals surface area contributed by atoms with E-state index in [-0.39, 0.29) is 23.8 Å². The minimum atomic E-state index is -0.757. The zero-order chi connectivity index (χ0) is 14.4. The third-order valence-electron chi connectivity index (χ3n) is 4.89. The minimum absolute atomic E-state index is 0.102. The van der Waals surface area contributed by atoms with Crippen molar-refractivity contribution in [3.05, 3.63) is 0 Å². The molecule has 114 valence electrons. The van der Waals surface area contributed by atoms with Crippen LogP contribution < -0.4 is 5.32 Å². The smallest absolute Gasteiger partial charge is 0.308 e. The van der Waals surface area contributed by atoms with Gasteiger partial charge < -0.3 is 10.4 Å². The van der Waals surface area contributed by atoms with Crippen LogP contribution >= 0.6 is 0 Å². The lowest BCUT2D eigenvalue weighted by Crippen LogP contribution is -2.47. The second-order valence-corrected chi connectivity index (χ2v) is 6.39. The first kappa shape index (κ1) is 15.3. The van der Waals surface area contributed by atoms with Crippen LogP contribution in [0.1, 0.15) is 70.6 Å². The Labute approximate surface area is 121 Å². The number of carboxylic acids is 1. The molecule has 0 heterocycles. The van der Waals surface area contributed by atoms with Gasteiger partial charge in [0.1, 0.15) is 0 Å². The summed E-state index contributed by atoms with van der Waals surface area (Å²) in [6.45, 7) is 0. The molecular formula is C16H27NO3. The number of rotatable bonds is 3. The molecular weight excluding hydrogens is 254 g/mol. The van der Waals surface area contributed by atoms with Gasteiger partial charge in [0.2, 0.25) is 5.91 Å². The van der Waals surface area contributed by atoms with Crippen LogP contribution in [0.5, 0.6) is 0 Å². The Morgan fingerprint density at radius 1 is 0.800 bits per heavy atom. The van der Waals surface area contributed by atoms with Gasteiger partial charge in [-0.3, -0.25) is 9.59 Å². The number of hydrogen-bond acceptors (Lipinski definition) is 2. The van der Waals surface area contributed by atoms with Gasteiger partial charge >= 0.3 is 5.97 Å². The molecule has 1 amide bonds. The predicted octanol–water partition coefficient (Wildman–Crippen LogP) is 3.11. The fourth-order valence-electron chi connectivity index (χ4n) is 3.62. The first-order valence-corrected chi connectivity index (χ1v) is 8.21. The molecule has 0 aromatic carbocycles. The Morgan fingerprint density at radius 3 is 2.00 bits per heavy atom. The highest BCUT2D eigenvalue weighted by Gasteiger charge is 2.33. The van der Waals surface area contributed by atoms with Gasteiger partial charge in [-0.15, -0.1) is 0 Å². The predicted molar refractivity (Wildman–Crippen MR) is 77.3 cm³/mol. The molecule has 2 aliphatic rings. The molecule has 2 rings (SSSR count). The molecule has 2 unspecified atom stereocenters. The molecule has 2 aliphatic carbocycles. The maximum atomic E-state index is 12.4. The third kappa shape index (κ3) is 4.22. The van der Waals surface area contributed by atoms with Gasteiger partial charge in [0, 0.05) is 12.0 Å². The average molecular weight is 281 g/mol. The van der Waals surface area contributed by atoms with Crippen LogP contribution in [-0.4, -0.2) is 23.0 Å². The summed E-state index contributed by atoms with van der Waals surface area (Å²) in [6, 6.07) is -0.154. The topological polar surface area (TPSA) is 66.4 Å². The van der Waals surface area contributed by atoms with Crippen LogP contribution in [-0.2, 0) is 9.59 Å². The number of carbonyl (C=O) groups is 2. The summed E-state index contributed by atoms with van der Waals surface area (Å²) in [6.07, 6.45) is 11.4. The van der Waals surface area contributed by atoms with Crippen molar-refractivity contribution in [2.24, 2.45) is 11.8 Å². The van der Waals surface area contributed by atoms with Crippen molar-refractivity contribution in [1.29, 1.82) is 0 Å². The zero-order valence-corrected chi connectivity index (χ0v) is 12.3. The second kappa shape index (κ2) is 7.65. The Balaban J connectivity index is 1.89. The maximum Gasteiger partial charge on any atom is 0.308 e. The van der Waals surface area contributed by atoms with E-state index in [9.17, 15) is 14.7 Å². The molecule has 0 bridgehead atoms. The first-order chi connectivity index (χ1) is 9.68. The fraction of sp³-hybridized carbons (Fsp3) is 0.875. The zero-order valence-electron chi connectivity index (χ0n) is 12.3. The van der Waals surface area contributed by atoms with E-state index in [1.165, 1.54) is 19.3 Å². The summed E-state index contributed by atoms with van der Waals surface area (Å²) in [5.74, 6) is -0.939. The summed E-state index contributed by atoms with van der Waals surface area (Å²) in [5.41, 5.74) is 0. The Kier molecular flexibility index (Phi) is 5.86. The van der Waals surface area contributed by atoms with E-state index in [1.54, 1.807) is 0 Å². The highest BCUT2D eigenvalue weighted by Crippen LogP contribution is 2.27. The lowest BCUT2D eigenvalue weighted by molar-refractivity contribution is -0.144. The first-order valence-electron chi connectivity index (χ1n) is 8.21. The van der Waals surface area contributed by atoms with Gasteiger partial charge in [-0.2, -0.15) is 0 Å². The number of aliphatic carboxylic acids is 1. The third-order valence-corrected chi connectivity index (χ3v) is 4.89. The van der Waals surface area contributed by atoms with E-state index < -0.39 is 5.97 Å². The number of amides is 1. The van der Waals surface area contributed by atoms with Gasteiger partial charge in [0.15, 0.2) is 0 Å². The lowest BCUT2D eigenvalue weighted by Gasteiger charge is -2.31. The molecule has 2 atom stereocenters. The van der Waals surface area contributed by atoms with Crippen molar-refractivity contribution in [3.8, 4) is 0 Å². The van der Waals surface area contributed by atoms with E-state index in [1.807, 2.05) is 0 Å². The van der Waals surface area contributed by atoms with Crippen molar-refractivity contribution >= 4 is 11.9 Å². The quantitative estimate of drug-likeness (QED) is 0.835. The minimum Gasteiger partial charge on any atom is -0.481 e. The molecule has 2 saturated carbocycles. The standard InChI is InChI=1S/C16H27NO3/c18-15(12-8-4-2-1-3-5-9-12)17-14-11-7-6-10-13(14)16(19)20/h12-14H,1-11H2,(H,17,18)(H,19,20). The molecule has 0 aromatic rings. The SMILES string of the molecule is O=C(NC1CCCCC1C(=O)O)C1CCCCCCC1. The van der Waals surface area contributed by atoms with E-state index >= 15 is 0 Å². The summed E-state index contributed by atoms with van der Waals surface area (Å²) >= 11 is 0. The monoisotopic (exact) mass is 281 g/mol. The van der Waals surface area contributed by atoms with Crippen LogP contribution in [0.2, 0.25) is 0 Å². The molecule has 20 heavy (non-hydrogen) atoms. The fourth-order valence-corrected chi connectivity index (χ4v) is 3.62. The number of carbonyl (C=O) groups excluding carboxylic acids is 1. The van der Waals surface area contributed by atoms with Gasteiger partial charge in [-0.25, -0.2) is 0 Å². The maximum absolute atomic E-state index is 12.4. The molecule has 2 N–H and O–H groups in total. The van der Waals surface area contributed by atoms with Crippen LogP contribution in [0.4, 0.5) is 0 Å². The Bertz CT molecular complexity index is 335. The number of hydrogen-bond donors (Lipinski definition) is 2. The molecule has 4 nitrogen and oxygen atoms in total. The summed E-state index contributed by atoms with van der Waals surface area (Å²) in [4.78, 5) is 23.7. The van der Waals surface area contributed by atoms with Crippen molar-refractivity contribution in [3.63, 3.8) is 0 Å². The molecule has 0 saturated heterocycles. The summed E-state index contributed by atoms with van der Waals surface area (Å²) in [5, 5.41) is 12.3. The summed E-state index contributed by atoms with van der Waals surface area (Å²) in [7, 11) is 0. The highest BCUT2D eigenvalue weighted by atomic mass is 16.4. The molecule has 0 spiro atoms. The van der Waals surface area contributed by atoms with Crippen LogP contribution in [0.3, 0.4) is 0 Å². The van der Waals surface area contributed by atoms with Gasteiger partial charge in [-0.1, -0.05) is 44.9 Å². The average Bonchev–Trinajstić information content (AvgIpc) is 2.38. The summed E-state index contributed by atoms with van der Waals surface area (Å²) < 4.78 is 0. The number of nitrogens with one attached hydrogen (secondary N) is 1. The van der Waals surface area contributed by atoms with Gasteiger partial charge in [0.05, 0.1) is 5.92 Å². The normalized spacial score (nSPS) is 29.2. The van der Waals surface area contributed by atoms with E-state index in [4.69, 9.17) is 0 Å². The van der Waals surface area contributed by atoms with Crippen molar-refractivity contribution in [1.82, 2.24) is 5.32 Å². The molecule has 4 heteroatoms. The van der Waals surface area contributed by atoms with Gasteiger partial charge in [-0.05, 0) is 25.7 Å². The molecule has 0 radical (unpaired) electrons. The lowest BCUT2D eigenvalue weighted by atomic mass is 9.83. The van der Waals surface area contributed by atoms with Crippen molar-refractivity contribution < 1.29 is 14.7 Å². The van der Waals surface area contributed by atoms with Crippen LogP contribution in [0, 0.1) is 11.8 Å². The van der Waals surface area contributed by atoms with Crippen molar-refractivity contribution in [2.45, 2.75) is 76.7 Å². The van der Waals surface area contributed by atoms with Crippen LogP contribution in [0.25, 0.3) is 0 Å². The van der Waals surface area contributed by atoms with Crippen molar-refractivity contribution in [2.75, 3.05) is 0 Å². The molecule has 2 fully saturated rings. The molecule has 0 aromatic heterocycles. The Morgan fingerprint density at radius 2 is 1.35 bits per heavy atom. The van der Waals surface area contributed by atoms with E-state index in [0.717, 1.165) is 44.9 Å². The largest absolute Gasteiger partial charge is 0.481 e. The van der Waals surface area contributed by atoms with Gasteiger partial charge in [0.25, 0.3) is 0 Å².